The molecule has 4 nitrogen and oxygen atoms in total. The van der Waals surface area contributed by atoms with Crippen LogP contribution in [-0.4, -0.2) is 12.5 Å². The van der Waals surface area contributed by atoms with Crippen molar-refractivity contribution in [2.45, 2.75) is 9.79 Å². The second-order valence-electron chi connectivity index (χ2n) is 5.61. The molecule has 0 aliphatic rings. The van der Waals surface area contributed by atoms with Crippen molar-refractivity contribution >= 4 is 40.6 Å². The zero-order valence-electron chi connectivity index (χ0n) is 14.3. The fraction of sp³-hybridized carbons (Fsp3) is 0.0476. The SMILES string of the molecule is N#Cc1ccc(Cl)cc1NC(=O)CNc1ccccc1Sc1ccccc1. The number of nitrogens with zero attached hydrogens (tertiary/aromatic N) is 1. The van der Waals surface area contributed by atoms with Gasteiger partial charge in [0.1, 0.15) is 6.07 Å². The molecule has 0 bridgehead atoms. The van der Waals surface area contributed by atoms with Crippen LogP contribution in [0.15, 0.2) is 82.6 Å². The minimum absolute atomic E-state index is 0.0732. The molecule has 0 fully saturated rings. The van der Waals surface area contributed by atoms with Crippen LogP contribution in [0.25, 0.3) is 0 Å². The van der Waals surface area contributed by atoms with Crippen LogP contribution in [0, 0.1) is 11.3 Å². The van der Waals surface area contributed by atoms with E-state index in [-0.39, 0.29) is 12.5 Å². The molecule has 6 heteroatoms. The van der Waals surface area contributed by atoms with Gasteiger partial charge in [0.2, 0.25) is 5.91 Å². The Bertz CT molecular complexity index is 986. The van der Waals surface area contributed by atoms with Crippen LogP contribution >= 0.6 is 23.4 Å². The van der Waals surface area contributed by atoms with Crippen LogP contribution < -0.4 is 10.6 Å². The van der Waals surface area contributed by atoms with Crippen molar-refractivity contribution in [3.05, 3.63) is 83.4 Å². The van der Waals surface area contributed by atoms with E-state index >= 15 is 0 Å². The van der Waals surface area contributed by atoms with Crippen molar-refractivity contribution < 1.29 is 4.79 Å². The first-order valence-electron chi connectivity index (χ1n) is 8.21. The van der Waals surface area contributed by atoms with Crippen molar-refractivity contribution in [1.29, 1.82) is 5.26 Å². The predicted molar refractivity (Wildman–Crippen MR) is 110 cm³/mol. The number of hydrogen-bond acceptors (Lipinski definition) is 4. The lowest BCUT2D eigenvalue weighted by molar-refractivity contribution is -0.114. The molecule has 0 aromatic heterocycles. The monoisotopic (exact) mass is 393 g/mol. The van der Waals surface area contributed by atoms with E-state index in [1.54, 1.807) is 30.0 Å². The number of rotatable bonds is 6. The highest BCUT2D eigenvalue weighted by Gasteiger charge is 2.09. The summed E-state index contributed by atoms with van der Waals surface area (Å²) in [5.41, 5.74) is 1.64. The molecule has 134 valence electrons. The molecule has 2 N–H and O–H groups in total. The minimum Gasteiger partial charge on any atom is -0.375 e. The van der Waals surface area contributed by atoms with Crippen LogP contribution in [-0.2, 0) is 4.79 Å². The molecule has 0 saturated heterocycles. The van der Waals surface area contributed by atoms with E-state index in [9.17, 15) is 4.79 Å². The molecule has 0 spiro atoms. The molecule has 0 radical (unpaired) electrons. The van der Waals surface area contributed by atoms with Gasteiger partial charge in [-0.1, -0.05) is 53.7 Å². The number of nitrogens with one attached hydrogen (secondary N) is 2. The maximum absolute atomic E-state index is 12.3. The minimum atomic E-state index is -0.256. The second kappa shape index (κ2) is 9.13. The van der Waals surface area contributed by atoms with Gasteiger partial charge in [-0.3, -0.25) is 4.79 Å². The summed E-state index contributed by atoms with van der Waals surface area (Å²) in [6, 6.07) is 24.6. The third-order valence-electron chi connectivity index (χ3n) is 3.67. The van der Waals surface area contributed by atoms with Crippen molar-refractivity contribution in [2.24, 2.45) is 0 Å². The van der Waals surface area contributed by atoms with Crippen LogP contribution in [0.5, 0.6) is 0 Å². The number of anilines is 2. The quantitative estimate of drug-likeness (QED) is 0.587. The van der Waals surface area contributed by atoms with Crippen molar-refractivity contribution in [1.82, 2.24) is 0 Å². The number of para-hydroxylation sites is 1. The number of halogens is 1. The smallest absolute Gasteiger partial charge is 0.243 e. The highest BCUT2D eigenvalue weighted by molar-refractivity contribution is 7.99. The lowest BCUT2D eigenvalue weighted by atomic mass is 10.2. The van der Waals surface area contributed by atoms with Gasteiger partial charge in [-0.15, -0.1) is 0 Å². The zero-order valence-corrected chi connectivity index (χ0v) is 15.8. The Morgan fingerprint density at radius 1 is 1.00 bits per heavy atom. The first kappa shape index (κ1) is 18.8. The fourth-order valence-electron chi connectivity index (χ4n) is 2.40. The van der Waals surface area contributed by atoms with Crippen molar-refractivity contribution in [3.8, 4) is 6.07 Å². The standard InChI is InChI=1S/C21H16ClN3OS/c22-16-11-10-15(13-23)19(12-16)25-21(26)14-24-18-8-4-5-9-20(18)27-17-6-2-1-3-7-17/h1-12,24H,14H2,(H,25,26). The van der Waals surface area contributed by atoms with Crippen LogP contribution in [0.3, 0.4) is 0 Å². The fourth-order valence-corrected chi connectivity index (χ4v) is 3.52. The lowest BCUT2D eigenvalue weighted by Crippen LogP contribution is -2.22. The van der Waals surface area contributed by atoms with Crippen LogP contribution in [0.1, 0.15) is 5.56 Å². The number of nitriles is 1. The summed E-state index contributed by atoms with van der Waals surface area (Å²) in [6.07, 6.45) is 0. The zero-order chi connectivity index (χ0) is 19.1. The Morgan fingerprint density at radius 2 is 1.74 bits per heavy atom. The molecule has 3 aromatic rings. The van der Waals surface area contributed by atoms with E-state index < -0.39 is 0 Å². The normalized spacial score (nSPS) is 10.1. The van der Waals surface area contributed by atoms with Gasteiger partial charge in [-0.05, 0) is 42.5 Å². The van der Waals surface area contributed by atoms with Gasteiger partial charge in [-0.25, -0.2) is 0 Å². The van der Waals surface area contributed by atoms with Gasteiger partial charge < -0.3 is 10.6 Å². The summed E-state index contributed by atoms with van der Waals surface area (Å²) in [5, 5.41) is 15.5. The highest BCUT2D eigenvalue weighted by atomic mass is 35.5. The molecule has 1 amide bonds. The van der Waals surface area contributed by atoms with Crippen LogP contribution in [0.4, 0.5) is 11.4 Å². The molecule has 0 unspecified atom stereocenters. The molecule has 27 heavy (non-hydrogen) atoms. The van der Waals surface area contributed by atoms with E-state index in [0.29, 0.717) is 16.3 Å². The first-order chi connectivity index (χ1) is 13.2. The molecule has 0 saturated carbocycles. The van der Waals surface area contributed by atoms with Crippen LogP contribution in [0.2, 0.25) is 5.02 Å². The third-order valence-corrected chi connectivity index (χ3v) is 4.99. The van der Waals surface area contributed by atoms with E-state index in [4.69, 9.17) is 16.9 Å². The van der Waals surface area contributed by atoms with Gasteiger partial charge in [0, 0.05) is 20.5 Å². The average molecular weight is 394 g/mol. The summed E-state index contributed by atoms with van der Waals surface area (Å²) in [4.78, 5) is 14.4. The number of carbonyl (C=O) groups is 1. The Balaban J connectivity index is 1.66. The summed E-state index contributed by atoms with van der Waals surface area (Å²) in [7, 11) is 0. The molecular weight excluding hydrogens is 378 g/mol. The first-order valence-corrected chi connectivity index (χ1v) is 9.40. The predicted octanol–water partition coefficient (Wildman–Crippen LogP) is 5.41. The van der Waals surface area contributed by atoms with Gasteiger partial charge in [0.05, 0.1) is 17.8 Å². The average Bonchev–Trinajstić information content (AvgIpc) is 2.68. The molecule has 3 aromatic carbocycles. The third kappa shape index (κ3) is 5.27. The Morgan fingerprint density at radius 3 is 2.52 bits per heavy atom. The summed E-state index contributed by atoms with van der Waals surface area (Å²) < 4.78 is 0. The number of amides is 1. The number of carbonyl (C=O) groups excluding carboxylic acids is 1. The van der Waals surface area contributed by atoms with Gasteiger partial charge >= 0.3 is 0 Å². The van der Waals surface area contributed by atoms with E-state index in [1.807, 2.05) is 60.7 Å². The maximum Gasteiger partial charge on any atom is 0.243 e. The summed E-state index contributed by atoms with van der Waals surface area (Å²) in [6.45, 7) is 0.0732. The number of hydrogen-bond donors (Lipinski definition) is 2. The second-order valence-corrected chi connectivity index (χ2v) is 7.17. The van der Waals surface area contributed by atoms with Gasteiger partial charge in [-0.2, -0.15) is 5.26 Å². The molecule has 0 aliphatic carbocycles. The molecule has 0 aliphatic heterocycles. The molecule has 3 rings (SSSR count). The Kier molecular flexibility index (Phi) is 6.37. The van der Waals surface area contributed by atoms with Crippen molar-refractivity contribution in [3.63, 3.8) is 0 Å². The Labute approximate surface area is 167 Å². The highest BCUT2D eigenvalue weighted by Crippen LogP contribution is 2.33. The summed E-state index contributed by atoms with van der Waals surface area (Å²) in [5.74, 6) is -0.256. The largest absolute Gasteiger partial charge is 0.375 e. The molecule has 0 heterocycles. The molecule has 0 atom stereocenters. The number of benzene rings is 3. The summed E-state index contributed by atoms with van der Waals surface area (Å²) >= 11 is 7.57. The maximum atomic E-state index is 12.3. The van der Waals surface area contributed by atoms with Crippen molar-refractivity contribution in [2.75, 3.05) is 17.2 Å². The van der Waals surface area contributed by atoms with E-state index in [0.717, 1.165) is 15.5 Å². The van der Waals surface area contributed by atoms with Gasteiger partial charge in [0.25, 0.3) is 0 Å². The lowest BCUT2D eigenvalue weighted by Gasteiger charge is -2.12. The van der Waals surface area contributed by atoms with Gasteiger partial charge in [0.15, 0.2) is 0 Å². The van der Waals surface area contributed by atoms with E-state index in [1.165, 1.54) is 0 Å². The molecular formula is C21H16ClN3OS. The Hall–Kier alpha value is -2.94. The van der Waals surface area contributed by atoms with E-state index in [2.05, 4.69) is 10.6 Å². The topological polar surface area (TPSA) is 64.9 Å².